The van der Waals surface area contributed by atoms with E-state index in [1.165, 1.54) is 6.07 Å². The number of halogens is 4. The van der Waals surface area contributed by atoms with Crippen LogP contribution >= 0.6 is 0 Å². The highest BCUT2D eigenvalue weighted by atomic mass is 19.4. The van der Waals surface area contributed by atoms with Crippen molar-refractivity contribution in [2.45, 2.75) is 70.7 Å². The third kappa shape index (κ3) is 5.52. The average Bonchev–Trinajstić information content (AvgIpc) is 3.48. The molecule has 4 rings (SSSR count). The van der Waals surface area contributed by atoms with Crippen LogP contribution in [-0.2, 0) is 4.74 Å². The molecule has 8 nitrogen and oxygen atoms in total. The maximum Gasteiger partial charge on any atom is 0.410 e. The van der Waals surface area contributed by atoms with Gasteiger partial charge in [-0.25, -0.2) is 14.0 Å². The number of ether oxygens (including phenoxy) is 1. The Balaban J connectivity index is 1.73. The number of aryl methyl sites for hydroxylation is 1. The molecule has 202 valence electrons. The topological polar surface area (TPSA) is 91.6 Å². The molecule has 2 aliphatic rings. The molecule has 1 unspecified atom stereocenters. The first-order valence-electron chi connectivity index (χ1n) is 12.0. The van der Waals surface area contributed by atoms with Crippen molar-refractivity contribution in [2.75, 3.05) is 24.5 Å². The standard InChI is InChI=1S/C25H29F4N3O5/c1-13-19-16(14-5-6-14)9-17(22(34)35)21(33)31(19)11-18(26)20(13)30-8-7-15(10-30)32(12-25(27,28)29)23(36)37-24(2,3)4/h9,11,14-15H,5-8,10,12H2,1-4H3,(H,34,35). The first kappa shape index (κ1) is 26.7. The SMILES string of the molecule is Cc1c(N2CCC(N(CC(F)(F)F)C(=O)OC(C)(C)C)C2)c(F)cn2c(=O)c(C(=O)O)cc(C3CC3)c12. The van der Waals surface area contributed by atoms with Crippen LogP contribution in [0.1, 0.15) is 67.4 Å². The smallest absolute Gasteiger partial charge is 0.410 e. The zero-order valence-corrected chi connectivity index (χ0v) is 21.0. The number of carboxylic acids is 1. The third-order valence-electron chi connectivity index (χ3n) is 6.59. The number of pyridine rings is 2. The minimum absolute atomic E-state index is 0.0338. The van der Waals surface area contributed by atoms with E-state index >= 15 is 4.39 Å². The van der Waals surface area contributed by atoms with Crippen LogP contribution in [0.4, 0.5) is 28.0 Å². The second-order valence-corrected chi connectivity index (χ2v) is 10.7. The van der Waals surface area contributed by atoms with Gasteiger partial charge >= 0.3 is 18.2 Å². The molecule has 37 heavy (non-hydrogen) atoms. The molecule has 0 spiro atoms. The molecule has 1 saturated heterocycles. The summed E-state index contributed by atoms with van der Waals surface area (Å²) in [6.07, 6.45) is -3.07. The molecule has 2 aromatic heterocycles. The van der Waals surface area contributed by atoms with Crippen LogP contribution in [0.25, 0.3) is 5.52 Å². The van der Waals surface area contributed by atoms with Crippen LogP contribution in [0, 0.1) is 12.7 Å². The second-order valence-electron chi connectivity index (χ2n) is 10.7. The number of aromatic carboxylic acids is 1. The molecule has 0 radical (unpaired) electrons. The van der Waals surface area contributed by atoms with Gasteiger partial charge in [-0.05, 0) is 70.1 Å². The number of carbonyl (C=O) groups is 2. The molecule has 1 atom stereocenters. The maximum absolute atomic E-state index is 15.4. The largest absolute Gasteiger partial charge is 0.477 e. The van der Waals surface area contributed by atoms with Crippen molar-refractivity contribution in [1.82, 2.24) is 9.30 Å². The Morgan fingerprint density at radius 2 is 1.84 bits per heavy atom. The quantitative estimate of drug-likeness (QED) is 0.567. The van der Waals surface area contributed by atoms with Crippen LogP contribution in [0.5, 0.6) is 0 Å². The van der Waals surface area contributed by atoms with Gasteiger partial charge in [-0.15, -0.1) is 0 Å². The number of hydrogen-bond acceptors (Lipinski definition) is 5. The van der Waals surface area contributed by atoms with Crippen molar-refractivity contribution >= 4 is 23.3 Å². The van der Waals surface area contributed by atoms with Gasteiger partial charge in [-0.2, -0.15) is 13.2 Å². The molecule has 1 N–H and O–H groups in total. The number of carbonyl (C=O) groups excluding carboxylic acids is 1. The summed E-state index contributed by atoms with van der Waals surface area (Å²) in [5, 5.41) is 9.46. The number of aromatic nitrogens is 1. The number of anilines is 1. The van der Waals surface area contributed by atoms with Gasteiger partial charge in [0.2, 0.25) is 0 Å². The molecule has 2 aromatic rings. The Morgan fingerprint density at radius 3 is 2.38 bits per heavy atom. The Labute approximate surface area is 210 Å². The fourth-order valence-corrected chi connectivity index (χ4v) is 4.94. The van der Waals surface area contributed by atoms with Gasteiger partial charge in [0.25, 0.3) is 5.56 Å². The van der Waals surface area contributed by atoms with Crippen LogP contribution < -0.4 is 10.5 Å². The molecule has 1 aliphatic carbocycles. The fraction of sp³-hybridized carbons (Fsp3) is 0.560. The number of amides is 1. The Kier molecular flexibility index (Phi) is 6.66. The molecule has 3 heterocycles. The van der Waals surface area contributed by atoms with E-state index in [-0.39, 0.29) is 31.1 Å². The Hall–Kier alpha value is -3.31. The van der Waals surface area contributed by atoms with E-state index in [2.05, 4.69) is 0 Å². The predicted octanol–water partition coefficient (Wildman–Crippen LogP) is 4.70. The van der Waals surface area contributed by atoms with Crippen molar-refractivity contribution in [3.05, 3.63) is 45.1 Å². The summed E-state index contributed by atoms with van der Waals surface area (Å²) in [7, 11) is 0. The Bertz CT molecular complexity index is 1310. The first-order valence-corrected chi connectivity index (χ1v) is 12.0. The molecule has 1 saturated carbocycles. The summed E-state index contributed by atoms with van der Waals surface area (Å²) < 4.78 is 61.6. The number of nitrogens with zero attached hydrogens (tertiary/aromatic N) is 3. The minimum Gasteiger partial charge on any atom is -0.477 e. The summed E-state index contributed by atoms with van der Waals surface area (Å²) in [5.41, 5.74) is -0.787. The van der Waals surface area contributed by atoms with E-state index in [1.54, 1.807) is 32.6 Å². The molecule has 1 amide bonds. The van der Waals surface area contributed by atoms with E-state index in [9.17, 15) is 32.7 Å². The van der Waals surface area contributed by atoms with Crippen molar-refractivity contribution in [1.29, 1.82) is 0 Å². The first-order chi connectivity index (χ1) is 17.1. The highest BCUT2D eigenvalue weighted by Crippen LogP contribution is 2.44. The van der Waals surface area contributed by atoms with E-state index in [0.717, 1.165) is 23.4 Å². The maximum atomic E-state index is 15.4. The normalized spacial score (nSPS) is 18.4. The van der Waals surface area contributed by atoms with Crippen LogP contribution in [0.2, 0.25) is 0 Å². The fourth-order valence-electron chi connectivity index (χ4n) is 4.94. The van der Waals surface area contributed by atoms with E-state index < -0.39 is 53.4 Å². The molecular weight excluding hydrogens is 498 g/mol. The monoisotopic (exact) mass is 527 g/mol. The van der Waals surface area contributed by atoms with Crippen molar-refractivity contribution in [2.24, 2.45) is 0 Å². The van der Waals surface area contributed by atoms with Gasteiger partial charge in [-0.3, -0.25) is 14.1 Å². The van der Waals surface area contributed by atoms with Crippen molar-refractivity contribution in [3.63, 3.8) is 0 Å². The second kappa shape index (κ2) is 9.21. The van der Waals surface area contributed by atoms with E-state index in [1.807, 2.05) is 0 Å². The molecule has 1 aliphatic heterocycles. The number of hydrogen-bond donors (Lipinski definition) is 1. The zero-order valence-electron chi connectivity index (χ0n) is 21.0. The van der Waals surface area contributed by atoms with Gasteiger partial charge in [0.15, 0.2) is 5.82 Å². The summed E-state index contributed by atoms with van der Waals surface area (Å²) in [6, 6.07) is 0.457. The highest BCUT2D eigenvalue weighted by molar-refractivity contribution is 5.89. The van der Waals surface area contributed by atoms with Gasteiger partial charge in [0.05, 0.1) is 23.4 Å². The lowest BCUT2D eigenvalue weighted by Crippen LogP contribution is -2.48. The van der Waals surface area contributed by atoms with Crippen molar-refractivity contribution < 1.29 is 37.0 Å². The summed E-state index contributed by atoms with van der Waals surface area (Å²) in [6.45, 7) is 4.88. The van der Waals surface area contributed by atoms with Crippen molar-refractivity contribution in [3.8, 4) is 0 Å². The highest BCUT2D eigenvalue weighted by Gasteiger charge is 2.41. The number of carboxylic acid groups (broad SMARTS) is 1. The van der Waals surface area contributed by atoms with Crippen LogP contribution in [0.15, 0.2) is 17.1 Å². The van der Waals surface area contributed by atoms with Crippen LogP contribution in [-0.4, -0.2) is 63.9 Å². The zero-order chi connectivity index (χ0) is 27.4. The third-order valence-corrected chi connectivity index (χ3v) is 6.59. The van der Waals surface area contributed by atoms with Gasteiger partial charge in [-0.1, -0.05) is 0 Å². The minimum atomic E-state index is -4.66. The molecule has 12 heteroatoms. The van der Waals surface area contributed by atoms with Gasteiger partial charge in [0.1, 0.15) is 17.7 Å². The summed E-state index contributed by atoms with van der Waals surface area (Å²) in [5.74, 6) is -2.18. The van der Waals surface area contributed by atoms with Crippen LogP contribution in [0.3, 0.4) is 0 Å². The average molecular weight is 528 g/mol. The number of alkyl halides is 3. The number of fused-ring (bicyclic) bond motifs is 1. The molecule has 0 bridgehead atoms. The predicted molar refractivity (Wildman–Crippen MR) is 127 cm³/mol. The summed E-state index contributed by atoms with van der Waals surface area (Å²) in [4.78, 5) is 39.3. The molecule has 0 aromatic carbocycles. The van der Waals surface area contributed by atoms with E-state index in [0.29, 0.717) is 21.5 Å². The van der Waals surface area contributed by atoms with Gasteiger partial charge < -0.3 is 14.7 Å². The lowest BCUT2D eigenvalue weighted by molar-refractivity contribution is -0.148. The van der Waals surface area contributed by atoms with Gasteiger partial charge in [0, 0.05) is 13.1 Å². The lowest BCUT2D eigenvalue weighted by atomic mass is 10.0. The lowest BCUT2D eigenvalue weighted by Gasteiger charge is -2.32. The Morgan fingerprint density at radius 1 is 1.19 bits per heavy atom. The molecular formula is C25H29F4N3O5. The molecule has 2 fully saturated rings. The summed E-state index contributed by atoms with van der Waals surface area (Å²) >= 11 is 0. The van der Waals surface area contributed by atoms with E-state index in [4.69, 9.17) is 4.74 Å². The number of rotatable bonds is 5.